The van der Waals surface area contributed by atoms with Crippen molar-refractivity contribution in [2.45, 2.75) is 45.7 Å². The van der Waals surface area contributed by atoms with Gasteiger partial charge in [-0.25, -0.2) is 0 Å². The molecule has 0 spiro atoms. The van der Waals surface area contributed by atoms with E-state index in [-0.39, 0.29) is 11.5 Å². The summed E-state index contributed by atoms with van der Waals surface area (Å²) in [7, 11) is 2.10. The van der Waals surface area contributed by atoms with Crippen molar-refractivity contribution in [2.75, 3.05) is 20.1 Å². The lowest BCUT2D eigenvalue weighted by Gasteiger charge is -2.24. The normalized spacial score (nSPS) is 13.9. The van der Waals surface area contributed by atoms with Crippen molar-refractivity contribution >= 4 is 0 Å². The van der Waals surface area contributed by atoms with E-state index in [9.17, 15) is 0 Å². The zero-order valence-corrected chi connectivity index (χ0v) is 13.0. The first kappa shape index (κ1) is 16.2. The number of hydrogen-bond donors (Lipinski definition) is 2. The number of hydrogen-bond acceptors (Lipinski definition) is 3. The Balaban J connectivity index is 2.83. The van der Waals surface area contributed by atoms with Crippen LogP contribution < -0.4 is 11.5 Å². The van der Waals surface area contributed by atoms with E-state index in [0.717, 1.165) is 13.1 Å². The smallest absolute Gasteiger partial charge is 0.0292 e. The predicted molar refractivity (Wildman–Crippen MR) is 83.2 cm³/mol. The van der Waals surface area contributed by atoms with Crippen LogP contribution in [0.4, 0.5) is 0 Å². The zero-order chi connectivity index (χ0) is 14.6. The molecule has 0 bridgehead atoms. The molecule has 3 nitrogen and oxygen atoms in total. The van der Waals surface area contributed by atoms with E-state index >= 15 is 0 Å². The Kier molecular flexibility index (Phi) is 5.53. The molecule has 0 fully saturated rings. The topological polar surface area (TPSA) is 55.3 Å². The molecule has 0 aliphatic carbocycles. The van der Waals surface area contributed by atoms with Crippen molar-refractivity contribution in [2.24, 2.45) is 11.5 Å². The highest BCUT2D eigenvalue weighted by atomic mass is 15.1. The number of nitrogens with zero attached hydrogens (tertiary/aromatic N) is 1. The summed E-state index contributed by atoms with van der Waals surface area (Å²) in [6.07, 6.45) is 0. The van der Waals surface area contributed by atoms with Crippen molar-refractivity contribution in [3.63, 3.8) is 0 Å². The van der Waals surface area contributed by atoms with Gasteiger partial charge in [-0.3, -0.25) is 0 Å². The van der Waals surface area contributed by atoms with Crippen molar-refractivity contribution in [1.29, 1.82) is 0 Å². The highest BCUT2D eigenvalue weighted by Gasteiger charge is 2.15. The van der Waals surface area contributed by atoms with E-state index < -0.39 is 0 Å². The maximum absolute atomic E-state index is 5.90. The first-order valence-corrected chi connectivity index (χ1v) is 6.98. The summed E-state index contributed by atoms with van der Waals surface area (Å²) >= 11 is 0. The molecule has 0 radical (unpaired) electrons. The second kappa shape index (κ2) is 6.51. The zero-order valence-electron chi connectivity index (χ0n) is 13.0. The molecule has 0 saturated heterocycles. The largest absolute Gasteiger partial charge is 0.329 e. The number of aryl methyl sites for hydroxylation is 1. The Labute approximate surface area is 118 Å². The van der Waals surface area contributed by atoms with E-state index in [0.29, 0.717) is 6.54 Å². The van der Waals surface area contributed by atoms with Crippen LogP contribution in [0.2, 0.25) is 0 Å². The summed E-state index contributed by atoms with van der Waals surface area (Å²) in [5.41, 5.74) is 15.7. The highest BCUT2D eigenvalue weighted by Crippen LogP contribution is 2.25. The van der Waals surface area contributed by atoms with Crippen LogP contribution >= 0.6 is 0 Å². The predicted octanol–water partition coefficient (Wildman–Crippen LogP) is 2.01. The van der Waals surface area contributed by atoms with Crippen LogP contribution in [0.1, 0.15) is 37.5 Å². The maximum Gasteiger partial charge on any atom is 0.0292 e. The average Bonchev–Trinajstić information content (AvgIpc) is 2.30. The maximum atomic E-state index is 5.90. The molecule has 0 saturated carbocycles. The summed E-state index contributed by atoms with van der Waals surface area (Å²) in [5.74, 6) is 0. The van der Waals surface area contributed by atoms with Crippen LogP contribution in [0.3, 0.4) is 0 Å². The molecule has 4 N–H and O–H groups in total. The van der Waals surface area contributed by atoms with Gasteiger partial charge in [0, 0.05) is 25.7 Å². The fourth-order valence-electron chi connectivity index (χ4n) is 2.14. The van der Waals surface area contributed by atoms with E-state index in [4.69, 9.17) is 11.5 Å². The van der Waals surface area contributed by atoms with Gasteiger partial charge < -0.3 is 16.4 Å². The second-order valence-electron chi connectivity index (χ2n) is 6.58. The Hall–Kier alpha value is -0.900. The van der Waals surface area contributed by atoms with Crippen molar-refractivity contribution in [3.05, 3.63) is 34.9 Å². The molecule has 1 atom stereocenters. The van der Waals surface area contributed by atoms with Crippen LogP contribution in [0, 0.1) is 6.92 Å². The minimum absolute atomic E-state index is 0.0519. The standard InChI is InChI=1S/C16H29N3/c1-12-6-7-14(16(2,3)4)8-13(12)10-19(5)11-15(18)9-17/h6-8,15H,9-11,17-18H2,1-5H3. The van der Waals surface area contributed by atoms with E-state index in [1.54, 1.807) is 0 Å². The average molecular weight is 263 g/mol. The van der Waals surface area contributed by atoms with Crippen LogP contribution in [0.5, 0.6) is 0 Å². The molecule has 1 unspecified atom stereocenters. The number of nitrogens with two attached hydrogens (primary N) is 2. The Bertz CT molecular complexity index is 407. The molecule has 0 aliphatic heterocycles. The van der Waals surface area contributed by atoms with E-state index in [1.807, 2.05) is 0 Å². The molecule has 3 heteroatoms. The summed E-state index contributed by atoms with van der Waals surface area (Å²) in [5, 5.41) is 0. The lowest BCUT2D eigenvalue weighted by molar-refractivity contribution is 0.304. The molecule has 1 aromatic rings. The first-order valence-electron chi connectivity index (χ1n) is 6.98. The minimum Gasteiger partial charge on any atom is -0.329 e. The van der Waals surface area contributed by atoms with Crippen LogP contribution in [0.15, 0.2) is 18.2 Å². The van der Waals surface area contributed by atoms with Crippen LogP contribution in [-0.2, 0) is 12.0 Å². The molecule has 0 aliphatic rings. The third kappa shape index (κ3) is 4.94. The van der Waals surface area contributed by atoms with Gasteiger partial charge in [-0.05, 0) is 36.1 Å². The van der Waals surface area contributed by atoms with Gasteiger partial charge in [-0.1, -0.05) is 39.0 Å². The van der Waals surface area contributed by atoms with Gasteiger partial charge in [-0.15, -0.1) is 0 Å². The van der Waals surface area contributed by atoms with Gasteiger partial charge in [0.2, 0.25) is 0 Å². The Morgan fingerprint density at radius 2 is 1.89 bits per heavy atom. The summed E-state index contributed by atoms with van der Waals surface area (Å²) < 4.78 is 0. The van der Waals surface area contributed by atoms with Gasteiger partial charge in [0.15, 0.2) is 0 Å². The number of likely N-dealkylation sites (N-methyl/N-ethyl adjacent to an activating group) is 1. The third-order valence-corrected chi connectivity index (χ3v) is 3.50. The molecular weight excluding hydrogens is 234 g/mol. The third-order valence-electron chi connectivity index (χ3n) is 3.50. The monoisotopic (exact) mass is 263 g/mol. The molecule has 108 valence electrons. The van der Waals surface area contributed by atoms with Gasteiger partial charge in [0.1, 0.15) is 0 Å². The SMILES string of the molecule is Cc1ccc(C(C)(C)C)cc1CN(C)CC(N)CN. The van der Waals surface area contributed by atoms with Gasteiger partial charge in [0.25, 0.3) is 0 Å². The van der Waals surface area contributed by atoms with Crippen molar-refractivity contribution < 1.29 is 0 Å². The molecule has 19 heavy (non-hydrogen) atoms. The van der Waals surface area contributed by atoms with Crippen molar-refractivity contribution in [1.82, 2.24) is 4.90 Å². The second-order valence-corrected chi connectivity index (χ2v) is 6.58. The minimum atomic E-state index is 0.0519. The molecular formula is C16H29N3. The van der Waals surface area contributed by atoms with Crippen molar-refractivity contribution in [3.8, 4) is 0 Å². The highest BCUT2D eigenvalue weighted by molar-refractivity contribution is 5.34. The van der Waals surface area contributed by atoms with Gasteiger partial charge >= 0.3 is 0 Å². The van der Waals surface area contributed by atoms with Gasteiger partial charge in [0.05, 0.1) is 0 Å². The Morgan fingerprint density at radius 3 is 2.42 bits per heavy atom. The Morgan fingerprint density at radius 1 is 1.26 bits per heavy atom. The fraction of sp³-hybridized carbons (Fsp3) is 0.625. The van der Waals surface area contributed by atoms with E-state index in [1.165, 1.54) is 16.7 Å². The lowest BCUT2D eigenvalue weighted by Crippen LogP contribution is -2.40. The molecule has 1 aromatic carbocycles. The quantitative estimate of drug-likeness (QED) is 0.854. The lowest BCUT2D eigenvalue weighted by atomic mass is 9.85. The molecule has 0 aromatic heterocycles. The number of benzene rings is 1. The van der Waals surface area contributed by atoms with Crippen LogP contribution in [0.25, 0.3) is 0 Å². The summed E-state index contributed by atoms with van der Waals surface area (Å²) in [6, 6.07) is 6.81. The summed E-state index contributed by atoms with van der Waals surface area (Å²) in [4.78, 5) is 2.24. The number of rotatable bonds is 5. The van der Waals surface area contributed by atoms with Gasteiger partial charge in [-0.2, -0.15) is 0 Å². The molecule has 0 heterocycles. The first-order chi connectivity index (χ1) is 8.74. The van der Waals surface area contributed by atoms with Crippen LogP contribution in [-0.4, -0.2) is 31.1 Å². The molecule has 1 rings (SSSR count). The van der Waals surface area contributed by atoms with E-state index in [2.05, 4.69) is 57.8 Å². The fourth-order valence-corrected chi connectivity index (χ4v) is 2.14. The summed E-state index contributed by atoms with van der Waals surface area (Å²) in [6.45, 7) is 11.2. The molecule has 0 amide bonds.